The van der Waals surface area contributed by atoms with Gasteiger partial charge in [0.15, 0.2) is 5.58 Å². The molecule has 3 atom stereocenters. The first-order chi connectivity index (χ1) is 10.2. The predicted molar refractivity (Wildman–Crippen MR) is 79.9 cm³/mol. The van der Waals surface area contributed by atoms with Crippen molar-refractivity contribution in [2.24, 2.45) is 5.92 Å². The van der Waals surface area contributed by atoms with E-state index in [1.807, 2.05) is 0 Å². The zero-order valence-corrected chi connectivity index (χ0v) is 11.6. The first-order valence-corrected chi connectivity index (χ1v) is 7.28. The monoisotopic (exact) mass is 283 g/mol. The second-order valence-electron chi connectivity index (χ2n) is 5.89. The summed E-state index contributed by atoms with van der Waals surface area (Å²) in [5, 5.41) is 7.42. The van der Waals surface area contributed by atoms with E-state index in [1.54, 1.807) is 24.6 Å². The Kier molecular flexibility index (Phi) is 2.82. The van der Waals surface area contributed by atoms with Gasteiger partial charge in [-0.25, -0.2) is 4.98 Å². The van der Waals surface area contributed by atoms with Crippen LogP contribution in [-0.2, 0) is 0 Å². The van der Waals surface area contributed by atoms with E-state index in [4.69, 9.17) is 4.42 Å². The Balaban J connectivity index is 1.57. The van der Waals surface area contributed by atoms with Crippen LogP contribution in [0, 0.1) is 5.92 Å². The molecule has 0 spiro atoms. The largest absolute Gasteiger partial charge is 0.462 e. The molecule has 2 fully saturated rings. The number of piperidine rings is 1. The maximum atomic E-state index is 12.4. The van der Waals surface area contributed by atoms with Gasteiger partial charge in [-0.15, -0.1) is 0 Å². The summed E-state index contributed by atoms with van der Waals surface area (Å²) in [6.07, 6.45) is 7.17. The Hall–Kier alpha value is -2.14. The van der Waals surface area contributed by atoms with Gasteiger partial charge in [0.05, 0.1) is 12.5 Å². The third-order valence-corrected chi connectivity index (χ3v) is 4.59. The van der Waals surface area contributed by atoms with Crippen LogP contribution in [0.2, 0.25) is 0 Å². The van der Waals surface area contributed by atoms with Crippen LogP contribution in [0.4, 0.5) is 0 Å². The maximum absolute atomic E-state index is 12.4. The smallest absolute Gasteiger partial charge is 0.270 e. The third-order valence-electron chi connectivity index (χ3n) is 4.59. The number of hydrogen-bond acceptors (Lipinski definition) is 4. The fourth-order valence-corrected chi connectivity index (χ4v) is 3.49. The van der Waals surface area contributed by atoms with Crippen LogP contribution < -0.4 is 10.6 Å². The van der Waals surface area contributed by atoms with E-state index in [0.717, 1.165) is 23.9 Å². The number of amides is 1. The quantitative estimate of drug-likeness (QED) is 0.903. The molecule has 4 rings (SSSR count). The molecule has 1 amide bonds. The topological polar surface area (TPSA) is 67.2 Å². The second-order valence-corrected chi connectivity index (χ2v) is 5.89. The molecule has 0 radical (unpaired) electrons. The molecule has 1 aliphatic carbocycles. The number of furan rings is 1. The van der Waals surface area contributed by atoms with Crippen LogP contribution in [-0.4, -0.2) is 29.5 Å². The van der Waals surface area contributed by atoms with Crippen molar-refractivity contribution in [2.75, 3.05) is 6.54 Å². The van der Waals surface area contributed by atoms with Crippen molar-refractivity contribution in [3.8, 4) is 0 Å². The summed E-state index contributed by atoms with van der Waals surface area (Å²) in [4.78, 5) is 16.6. The fraction of sp³-hybridized carbons (Fsp3) is 0.375. The maximum Gasteiger partial charge on any atom is 0.270 e. The number of fused-ring (bicyclic) bond motifs is 3. The van der Waals surface area contributed by atoms with Gasteiger partial charge in [-0.05, 0) is 31.4 Å². The minimum atomic E-state index is -0.118. The summed E-state index contributed by atoms with van der Waals surface area (Å²) in [6, 6.07) is 2.41. The van der Waals surface area contributed by atoms with Gasteiger partial charge < -0.3 is 15.1 Å². The predicted octanol–water partition coefficient (Wildman–Crippen LogP) is 1.95. The third kappa shape index (κ3) is 2.05. The Labute approximate surface area is 122 Å². The molecule has 0 aromatic carbocycles. The van der Waals surface area contributed by atoms with Crippen molar-refractivity contribution in [3.05, 3.63) is 36.4 Å². The number of pyridine rings is 1. The Morgan fingerprint density at radius 1 is 1.52 bits per heavy atom. The SMILES string of the molecule is C=Cc1coc2cnc(C(=O)NC3CC4CNC3C4)cc12. The van der Waals surface area contributed by atoms with Crippen LogP contribution in [0.15, 0.2) is 29.5 Å². The number of carbonyl (C=O) groups is 1. The summed E-state index contributed by atoms with van der Waals surface area (Å²) < 4.78 is 5.37. The van der Waals surface area contributed by atoms with Crippen molar-refractivity contribution >= 4 is 23.0 Å². The highest BCUT2D eigenvalue weighted by atomic mass is 16.3. The summed E-state index contributed by atoms with van der Waals surface area (Å²) in [7, 11) is 0. The first-order valence-electron chi connectivity index (χ1n) is 7.28. The highest BCUT2D eigenvalue weighted by molar-refractivity contribution is 5.97. The number of nitrogens with one attached hydrogen (secondary N) is 2. The zero-order valence-electron chi connectivity index (χ0n) is 11.6. The molecule has 3 heterocycles. The zero-order chi connectivity index (χ0) is 14.4. The molecule has 1 saturated heterocycles. The molecule has 2 bridgehead atoms. The van der Waals surface area contributed by atoms with Crippen LogP contribution in [0.3, 0.4) is 0 Å². The van der Waals surface area contributed by atoms with Crippen molar-refractivity contribution < 1.29 is 9.21 Å². The van der Waals surface area contributed by atoms with E-state index >= 15 is 0 Å². The van der Waals surface area contributed by atoms with Crippen molar-refractivity contribution in [1.82, 2.24) is 15.6 Å². The Bertz CT molecular complexity index is 721. The van der Waals surface area contributed by atoms with Crippen LogP contribution in [0.1, 0.15) is 28.9 Å². The molecule has 3 unspecified atom stereocenters. The normalized spacial score (nSPS) is 27.1. The van der Waals surface area contributed by atoms with Gasteiger partial charge in [-0.3, -0.25) is 4.79 Å². The number of hydrogen-bond donors (Lipinski definition) is 2. The second kappa shape index (κ2) is 4.70. The molecule has 5 nitrogen and oxygen atoms in total. The molecule has 1 aliphatic heterocycles. The Morgan fingerprint density at radius 3 is 3.14 bits per heavy atom. The van der Waals surface area contributed by atoms with Gasteiger partial charge in [0.2, 0.25) is 0 Å². The van der Waals surface area contributed by atoms with Crippen LogP contribution in [0.5, 0.6) is 0 Å². The molecule has 2 aromatic rings. The fourth-order valence-electron chi connectivity index (χ4n) is 3.49. The lowest BCUT2D eigenvalue weighted by molar-refractivity contribution is 0.0923. The van der Waals surface area contributed by atoms with E-state index < -0.39 is 0 Å². The Morgan fingerprint density at radius 2 is 2.43 bits per heavy atom. The summed E-state index contributed by atoms with van der Waals surface area (Å²) in [5.74, 6) is 0.587. The van der Waals surface area contributed by atoms with Gasteiger partial charge in [-0.2, -0.15) is 0 Å². The van der Waals surface area contributed by atoms with Crippen LogP contribution in [0.25, 0.3) is 17.0 Å². The van der Waals surface area contributed by atoms with E-state index in [2.05, 4.69) is 22.2 Å². The van der Waals surface area contributed by atoms with Gasteiger partial charge in [-0.1, -0.05) is 12.7 Å². The lowest BCUT2D eigenvalue weighted by Crippen LogP contribution is -2.48. The van der Waals surface area contributed by atoms with E-state index in [1.165, 1.54) is 6.42 Å². The highest BCUT2D eigenvalue weighted by Crippen LogP contribution is 2.31. The molecular weight excluding hydrogens is 266 g/mol. The van der Waals surface area contributed by atoms with Gasteiger partial charge in [0.25, 0.3) is 5.91 Å². The summed E-state index contributed by atoms with van der Waals surface area (Å²) in [5.41, 5.74) is 1.97. The highest BCUT2D eigenvalue weighted by Gasteiger charge is 2.40. The number of rotatable bonds is 3. The van der Waals surface area contributed by atoms with E-state index in [-0.39, 0.29) is 11.9 Å². The number of aromatic nitrogens is 1. The first kappa shape index (κ1) is 12.6. The van der Waals surface area contributed by atoms with Crippen molar-refractivity contribution in [1.29, 1.82) is 0 Å². The molecule has 2 aliphatic rings. The molecular formula is C16H17N3O2. The number of carbonyl (C=O) groups excluding carboxylic acids is 1. The van der Waals surface area contributed by atoms with Crippen LogP contribution >= 0.6 is 0 Å². The molecule has 2 aromatic heterocycles. The lowest BCUT2D eigenvalue weighted by atomic mass is 10.1. The summed E-state index contributed by atoms with van der Waals surface area (Å²) >= 11 is 0. The van der Waals surface area contributed by atoms with Gasteiger partial charge >= 0.3 is 0 Å². The molecule has 5 heteroatoms. The average molecular weight is 283 g/mol. The van der Waals surface area contributed by atoms with E-state index in [9.17, 15) is 4.79 Å². The van der Waals surface area contributed by atoms with E-state index in [0.29, 0.717) is 23.2 Å². The molecule has 2 N–H and O–H groups in total. The van der Waals surface area contributed by atoms with Crippen molar-refractivity contribution in [3.63, 3.8) is 0 Å². The number of nitrogens with zero attached hydrogens (tertiary/aromatic N) is 1. The minimum Gasteiger partial charge on any atom is -0.462 e. The average Bonchev–Trinajstić information content (AvgIpc) is 3.21. The van der Waals surface area contributed by atoms with Gasteiger partial charge in [0.1, 0.15) is 5.69 Å². The molecule has 21 heavy (non-hydrogen) atoms. The van der Waals surface area contributed by atoms with Crippen molar-refractivity contribution in [2.45, 2.75) is 24.9 Å². The van der Waals surface area contributed by atoms with Gasteiger partial charge in [0, 0.05) is 23.0 Å². The lowest BCUT2D eigenvalue weighted by Gasteiger charge is -2.23. The standard InChI is InChI=1S/C16H17N3O2/c1-2-10-8-21-15-7-18-14(5-11(10)15)16(20)19-13-4-9-3-12(13)17-6-9/h2,5,7-9,12-13,17H,1,3-4,6H2,(H,19,20). The molecule has 1 saturated carbocycles. The molecule has 108 valence electrons. The summed E-state index contributed by atoms with van der Waals surface area (Å²) in [6.45, 7) is 4.83. The minimum absolute atomic E-state index is 0.118.